The van der Waals surface area contributed by atoms with Crippen molar-refractivity contribution in [2.45, 2.75) is 19.3 Å². The second-order valence-electron chi connectivity index (χ2n) is 4.91. The van der Waals surface area contributed by atoms with Crippen molar-refractivity contribution in [2.75, 3.05) is 27.3 Å². The lowest BCUT2D eigenvalue weighted by atomic mass is 9.91. The Bertz CT molecular complexity index is 439. The molecule has 2 rings (SSSR count). The number of methoxy groups -OCH3 is 2. The van der Waals surface area contributed by atoms with Crippen LogP contribution in [-0.2, 0) is 0 Å². The van der Waals surface area contributed by atoms with Crippen LogP contribution in [-0.4, -0.2) is 33.1 Å². The summed E-state index contributed by atoms with van der Waals surface area (Å²) in [6, 6.07) is 5.34. The molecule has 1 atom stereocenters. The molecule has 1 aliphatic heterocycles. The number of nitrogens with one attached hydrogen (secondary N) is 1. The molecular weight excluding hydrogens is 242 g/mol. The second kappa shape index (κ2) is 6.57. The molecule has 1 aromatic carbocycles. The van der Waals surface area contributed by atoms with Crippen molar-refractivity contribution in [3.8, 4) is 11.5 Å². The Morgan fingerprint density at radius 1 is 1.37 bits per heavy atom. The molecule has 0 radical (unpaired) electrons. The summed E-state index contributed by atoms with van der Waals surface area (Å²) in [5.74, 6) is 1.88. The van der Waals surface area contributed by atoms with Crippen LogP contribution in [0.4, 0.5) is 0 Å². The molecule has 0 aromatic heterocycles. The third-order valence-corrected chi connectivity index (χ3v) is 3.58. The number of Topliss-reactive ketones (excluding diaryl/α,β-unsaturated/α-hetero) is 1. The van der Waals surface area contributed by atoms with E-state index >= 15 is 0 Å². The van der Waals surface area contributed by atoms with Gasteiger partial charge in [0.1, 0.15) is 11.5 Å². The van der Waals surface area contributed by atoms with Gasteiger partial charge in [0.05, 0.1) is 19.8 Å². The highest BCUT2D eigenvalue weighted by molar-refractivity contribution is 5.99. The summed E-state index contributed by atoms with van der Waals surface area (Å²) >= 11 is 0. The van der Waals surface area contributed by atoms with Gasteiger partial charge in [0.25, 0.3) is 0 Å². The summed E-state index contributed by atoms with van der Waals surface area (Å²) in [7, 11) is 3.18. The van der Waals surface area contributed by atoms with Crippen molar-refractivity contribution in [2.24, 2.45) is 5.92 Å². The van der Waals surface area contributed by atoms with Crippen LogP contribution < -0.4 is 14.8 Å². The van der Waals surface area contributed by atoms with Crippen molar-refractivity contribution in [3.63, 3.8) is 0 Å². The first-order valence-corrected chi connectivity index (χ1v) is 6.70. The van der Waals surface area contributed by atoms with Crippen LogP contribution in [0.5, 0.6) is 11.5 Å². The number of carbonyl (C=O) groups excluding carboxylic acids is 1. The number of rotatable bonds is 5. The molecule has 4 heteroatoms. The minimum absolute atomic E-state index is 0.146. The first kappa shape index (κ1) is 13.9. The average Bonchev–Trinajstić information content (AvgIpc) is 2.47. The molecule has 1 N–H and O–H groups in total. The minimum Gasteiger partial charge on any atom is -0.497 e. The fourth-order valence-electron chi connectivity index (χ4n) is 2.50. The van der Waals surface area contributed by atoms with Gasteiger partial charge in [0, 0.05) is 12.5 Å². The lowest BCUT2D eigenvalue weighted by Gasteiger charge is -2.22. The number of carbonyl (C=O) groups is 1. The average molecular weight is 263 g/mol. The van der Waals surface area contributed by atoms with E-state index in [1.54, 1.807) is 32.4 Å². The summed E-state index contributed by atoms with van der Waals surface area (Å²) in [5.41, 5.74) is 0.647. The summed E-state index contributed by atoms with van der Waals surface area (Å²) in [4.78, 5) is 12.3. The molecule has 1 heterocycles. The highest BCUT2D eigenvalue weighted by Crippen LogP contribution is 2.27. The van der Waals surface area contributed by atoms with E-state index in [1.807, 2.05) is 0 Å². The van der Waals surface area contributed by atoms with Crippen LogP contribution >= 0.6 is 0 Å². The molecule has 104 valence electrons. The SMILES string of the molecule is COc1ccc(C(=O)CC2CCCNC2)c(OC)c1. The number of benzene rings is 1. The fraction of sp³-hybridized carbons (Fsp3) is 0.533. The Kier molecular flexibility index (Phi) is 4.80. The maximum absolute atomic E-state index is 12.3. The third-order valence-electron chi connectivity index (χ3n) is 3.58. The molecular formula is C15H21NO3. The molecule has 0 spiro atoms. The van der Waals surface area contributed by atoms with Gasteiger partial charge < -0.3 is 14.8 Å². The molecule has 4 nitrogen and oxygen atoms in total. The van der Waals surface area contributed by atoms with Gasteiger partial charge in [-0.25, -0.2) is 0 Å². The zero-order chi connectivity index (χ0) is 13.7. The van der Waals surface area contributed by atoms with E-state index in [1.165, 1.54) is 0 Å². The van der Waals surface area contributed by atoms with Crippen LogP contribution in [0.15, 0.2) is 18.2 Å². The first-order chi connectivity index (χ1) is 9.24. The maximum atomic E-state index is 12.3. The lowest BCUT2D eigenvalue weighted by molar-refractivity contribution is 0.0951. The Balaban J connectivity index is 2.09. The Labute approximate surface area is 114 Å². The van der Waals surface area contributed by atoms with Gasteiger partial charge in [-0.05, 0) is 44.0 Å². The van der Waals surface area contributed by atoms with Gasteiger partial charge >= 0.3 is 0 Å². The smallest absolute Gasteiger partial charge is 0.166 e. The van der Waals surface area contributed by atoms with E-state index < -0.39 is 0 Å². The van der Waals surface area contributed by atoms with Crippen molar-refractivity contribution in [1.29, 1.82) is 0 Å². The van der Waals surface area contributed by atoms with Crippen molar-refractivity contribution in [1.82, 2.24) is 5.32 Å². The zero-order valence-corrected chi connectivity index (χ0v) is 11.6. The zero-order valence-electron chi connectivity index (χ0n) is 11.6. The topological polar surface area (TPSA) is 47.6 Å². The van der Waals surface area contributed by atoms with Gasteiger partial charge in [0.15, 0.2) is 5.78 Å². The predicted molar refractivity (Wildman–Crippen MR) is 74.1 cm³/mol. The Morgan fingerprint density at radius 2 is 2.21 bits per heavy atom. The summed E-state index contributed by atoms with van der Waals surface area (Å²) in [6.45, 7) is 2.00. The lowest BCUT2D eigenvalue weighted by Crippen LogP contribution is -2.31. The van der Waals surface area contributed by atoms with Crippen molar-refractivity contribution >= 4 is 5.78 Å². The molecule has 1 saturated heterocycles. The van der Waals surface area contributed by atoms with E-state index in [0.29, 0.717) is 29.4 Å². The van der Waals surface area contributed by atoms with Gasteiger partial charge in [-0.1, -0.05) is 0 Å². The molecule has 0 amide bonds. The number of ketones is 1. The number of hydrogen-bond donors (Lipinski definition) is 1. The first-order valence-electron chi connectivity index (χ1n) is 6.70. The third kappa shape index (κ3) is 3.47. The van der Waals surface area contributed by atoms with E-state index in [0.717, 1.165) is 25.9 Å². The summed E-state index contributed by atoms with van der Waals surface area (Å²) in [6.07, 6.45) is 2.85. The van der Waals surface area contributed by atoms with Crippen molar-refractivity contribution in [3.05, 3.63) is 23.8 Å². The molecule has 0 bridgehead atoms. The van der Waals surface area contributed by atoms with E-state index in [9.17, 15) is 4.79 Å². The fourth-order valence-corrected chi connectivity index (χ4v) is 2.50. The number of ether oxygens (including phenoxy) is 2. The second-order valence-corrected chi connectivity index (χ2v) is 4.91. The van der Waals surface area contributed by atoms with E-state index in [-0.39, 0.29) is 5.78 Å². The van der Waals surface area contributed by atoms with Crippen LogP contribution in [0.3, 0.4) is 0 Å². The highest BCUT2D eigenvalue weighted by atomic mass is 16.5. The van der Waals surface area contributed by atoms with Crippen LogP contribution in [0.2, 0.25) is 0 Å². The highest BCUT2D eigenvalue weighted by Gasteiger charge is 2.20. The van der Waals surface area contributed by atoms with E-state index in [2.05, 4.69) is 5.32 Å². The predicted octanol–water partition coefficient (Wildman–Crippen LogP) is 2.28. The molecule has 1 fully saturated rings. The van der Waals surface area contributed by atoms with Crippen molar-refractivity contribution < 1.29 is 14.3 Å². The standard InChI is InChI=1S/C15H21NO3/c1-18-12-5-6-13(15(9-12)19-2)14(17)8-11-4-3-7-16-10-11/h5-6,9,11,16H,3-4,7-8,10H2,1-2H3. The normalized spacial score (nSPS) is 18.9. The van der Waals surface area contributed by atoms with Gasteiger partial charge in [0.2, 0.25) is 0 Å². The van der Waals surface area contributed by atoms with E-state index in [4.69, 9.17) is 9.47 Å². The molecule has 1 unspecified atom stereocenters. The molecule has 0 saturated carbocycles. The molecule has 0 aliphatic carbocycles. The van der Waals surface area contributed by atoms with Crippen LogP contribution in [0.25, 0.3) is 0 Å². The minimum atomic E-state index is 0.146. The monoisotopic (exact) mass is 263 g/mol. The summed E-state index contributed by atoms with van der Waals surface area (Å²) in [5, 5.41) is 3.34. The Hall–Kier alpha value is -1.55. The maximum Gasteiger partial charge on any atom is 0.166 e. The van der Waals surface area contributed by atoms with Gasteiger partial charge in [-0.15, -0.1) is 0 Å². The van der Waals surface area contributed by atoms with Gasteiger partial charge in [-0.3, -0.25) is 4.79 Å². The largest absolute Gasteiger partial charge is 0.497 e. The molecule has 19 heavy (non-hydrogen) atoms. The van der Waals surface area contributed by atoms with Crippen LogP contribution in [0.1, 0.15) is 29.6 Å². The number of hydrogen-bond acceptors (Lipinski definition) is 4. The molecule has 1 aromatic rings. The number of piperidine rings is 1. The van der Waals surface area contributed by atoms with Crippen LogP contribution in [0, 0.1) is 5.92 Å². The van der Waals surface area contributed by atoms with Gasteiger partial charge in [-0.2, -0.15) is 0 Å². The molecule has 1 aliphatic rings. The Morgan fingerprint density at radius 3 is 2.84 bits per heavy atom. The summed E-state index contributed by atoms with van der Waals surface area (Å²) < 4.78 is 10.4. The quantitative estimate of drug-likeness (QED) is 0.828.